The third-order valence-electron chi connectivity index (χ3n) is 4.78. The second-order valence-corrected chi connectivity index (χ2v) is 7.72. The van der Waals surface area contributed by atoms with Crippen molar-refractivity contribution in [1.29, 1.82) is 0 Å². The molecule has 2 unspecified atom stereocenters. The SMILES string of the molecule is CC(NC(=O)C(NC(=O)c1ccccc1Cl)C(C)C)c1ccc2c(c1)OCCO2. The molecule has 0 saturated carbocycles. The molecule has 7 heteroatoms. The molecule has 2 N–H and O–H groups in total. The predicted octanol–water partition coefficient (Wildman–Crippen LogP) is 3.74. The van der Waals surface area contributed by atoms with Crippen LogP contribution in [0.4, 0.5) is 0 Å². The van der Waals surface area contributed by atoms with Crippen LogP contribution < -0.4 is 20.1 Å². The van der Waals surface area contributed by atoms with Gasteiger partial charge < -0.3 is 20.1 Å². The van der Waals surface area contributed by atoms with Crippen LogP contribution in [-0.4, -0.2) is 31.1 Å². The van der Waals surface area contributed by atoms with Gasteiger partial charge in [-0.05, 0) is 42.7 Å². The Morgan fingerprint density at radius 1 is 0.966 bits per heavy atom. The number of nitrogens with one attached hydrogen (secondary N) is 2. The lowest BCUT2D eigenvalue weighted by molar-refractivity contribution is -0.124. The molecule has 2 atom stereocenters. The van der Waals surface area contributed by atoms with Gasteiger partial charge in [0.2, 0.25) is 5.91 Å². The molecule has 0 fully saturated rings. The van der Waals surface area contributed by atoms with E-state index < -0.39 is 6.04 Å². The Balaban J connectivity index is 1.69. The maximum Gasteiger partial charge on any atom is 0.253 e. The third kappa shape index (κ3) is 5.01. The predicted molar refractivity (Wildman–Crippen MR) is 112 cm³/mol. The molecule has 3 rings (SSSR count). The summed E-state index contributed by atoms with van der Waals surface area (Å²) in [5, 5.41) is 6.12. The van der Waals surface area contributed by atoms with Gasteiger partial charge in [0.15, 0.2) is 11.5 Å². The molecule has 1 heterocycles. The largest absolute Gasteiger partial charge is 0.486 e. The molecule has 0 spiro atoms. The molecule has 2 aromatic rings. The first kappa shape index (κ1) is 21.0. The number of halogens is 1. The summed E-state index contributed by atoms with van der Waals surface area (Å²) in [4.78, 5) is 25.5. The van der Waals surface area contributed by atoms with Crippen LogP contribution in [0.5, 0.6) is 11.5 Å². The van der Waals surface area contributed by atoms with Gasteiger partial charge in [0.25, 0.3) is 5.91 Å². The van der Waals surface area contributed by atoms with Crippen molar-refractivity contribution in [1.82, 2.24) is 10.6 Å². The molecule has 2 amide bonds. The number of hydrogen-bond donors (Lipinski definition) is 2. The molecule has 0 bridgehead atoms. The fraction of sp³-hybridized carbons (Fsp3) is 0.364. The van der Waals surface area contributed by atoms with Crippen molar-refractivity contribution in [3.63, 3.8) is 0 Å². The highest BCUT2D eigenvalue weighted by molar-refractivity contribution is 6.33. The van der Waals surface area contributed by atoms with Crippen molar-refractivity contribution in [2.24, 2.45) is 5.92 Å². The van der Waals surface area contributed by atoms with E-state index in [2.05, 4.69) is 10.6 Å². The average Bonchev–Trinajstić information content (AvgIpc) is 2.71. The van der Waals surface area contributed by atoms with Crippen LogP contribution in [-0.2, 0) is 4.79 Å². The molecule has 1 aliphatic rings. The van der Waals surface area contributed by atoms with Gasteiger partial charge in [0, 0.05) is 0 Å². The Morgan fingerprint density at radius 2 is 1.66 bits per heavy atom. The van der Waals surface area contributed by atoms with Gasteiger partial charge >= 0.3 is 0 Å². The minimum atomic E-state index is -0.696. The lowest BCUT2D eigenvalue weighted by Crippen LogP contribution is -2.50. The number of benzene rings is 2. The zero-order valence-electron chi connectivity index (χ0n) is 16.7. The summed E-state index contributed by atoms with van der Waals surface area (Å²) in [6.45, 7) is 6.68. The van der Waals surface area contributed by atoms with E-state index in [1.807, 2.05) is 39.0 Å². The topological polar surface area (TPSA) is 76.7 Å². The summed E-state index contributed by atoms with van der Waals surface area (Å²) >= 11 is 6.10. The van der Waals surface area contributed by atoms with Crippen molar-refractivity contribution >= 4 is 23.4 Å². The monoisotopic (exact) mass is 416 g/mol. The van der Waals surface area contributed by atoms with E-state index in [0.29, 0.717) is 35.3 Å². The van der Waals surface area contributed by atoms with Crippen LogP contribution in [0.3, 0.4) is 0 Å². The second kappa shape index (κ2) is 9.18. The smallest absolute Gasteiger partial charge is 0.253 e. The first-order valence-electron chi connectivity index (χ1n) is 9.62. The first-order valence-corrected chi connectivity index (χ1v) is 10.00. The highest BCUT2D eigenvalue weighted by Crippen LogP contribution is 2.32. The quantitative estimate of drug-likeness (QED) is 0.752. The standard InChI is InChI=1S/C22H25ClN2O4/c1-13(2)20(25-21(26)16-6-4-5-7-17(16)23)22(27)24-14(3)15-8-9-18-19(12-15)29-11-10-28-18/h4-9,12-14,20H,10-11H2,1-3H3,(H,24,27)(H,25,26). The van der Waals surface area contributed by atoms with Crippen molar-refractivity contribution in [3.05, 3.63) is 58.6 Å². The molecular formula is C22H25ClN2O4. The zero-order valence-corrected chi connectivity index (χ0v) is 17.5. The maximum absolute atomic E-state index is 12.9. The van der Waals surface area contributed by atoms with Crippen molar-refractivity contribution < 1.29 is 19.1 Å². The van der Waals surface area contributed by atoms with Gasteiger partial charge in [-0.3, -0.25) is 9.59 Å². The van der Waals surface area contributed by atoms with E-state index in [0.717, 1.165) is 5.56 Å². The number of carbonyl (C=O) groups is 2. The van der Waals surface area contributed by atoms with Gasteiger partial charge in [-0.25, -0.2) is 0 Å². The molecule has 0 saturated heterocycles. The van der Waals surface area contributed by atoms with Crippen molar-refractivity contribution in [3.8, 4) is 11.5 Å². The molecular weight excluding hydrogens is 392 g/mol. The molecule has 6 nitrogen and oxygen atoms in total. The molecule has 2 aromatic carbocycles. The van der Waals surface area contributed by atoms with Crippen LogP contribution in [0.1, 0.15) is 42.7 Å². The average molecular weight is 417 g/mol. The second-order valence-electron chi connectivity index (χ2n) is 7.31. The summed E-state index contributed by atoms with van der Waals surface area (Å²) in [5.74, 6) is 0.626. The minimum Gasteiger partial charge on any atom is -0.486 e. The van der Waals surface area contributed by atoms with Crippen LogP contribution >= 0.6 is 11.6 Å². The highest BCUT2D eigenvalue weighted by atomic mass is 35.5. The molecule has 154 valence electrons. The van der Waals surface area contributed by atoms with Gasteiger partial charge in [0.1, 0.15) is 19.3 Å². The Hall–Kier alpha value is -2.73. The fourth-order valence-corrected chi connectivity index (χ4v) is 3.34. The number of carbonyl (C=O) groups excluding carboxylic acids is 2. The molecule has 0 aliphatic carbocycles. The fourth-order valence-electron chi connectivity index (χ4n) is 3.12. The van der Waals surface area contributed by atoms with E-state index in [1.165, 1.54) is 0 Å². The normalized spacial score (nSPS) is 14.8. The van der Waals surface area contributed by atoms with Crippen LogP contribution in [0.15, 0.2) is 42.5 Å². The zero-order chi connectivity index (χ0) is 21.0. The molecule has 1 aliphatic heterocycles. The minimum absolute atomic E-state index is 0.103. The number of fused-ring (bicyclic) bond motifs is 1. The van der Waals surface area contributed by atoms with E-state index in [9.17, 15) is 9.59 Å². The summed E-state index contributed by atoms with van der Waals surface area (Å²) in [6.07, 6.45) is 0. The summed E-state index contributed by atoms with van der Waals surface area (Å²) in [5.41, 5.74) is 1.23. The van der Waals surface area contributed by atoms with Gasteiger partial charge in [-0.1, -0.05) is 43.6 Å². The molecule has 0 aromatic heterocycles. The molecule has 29 heavy (non-hydrogen) atoms. The van der Waals surface area contributed by atoms with Gasteiger partial charge in [0.05, 0.1) is 16.6 Å². The Kier molecular flexibility index (Phi) is 6.64. The summed E-state index contributed by atoms with van der Waals surface area (Å²) < 4.78 is 11.1. The highest BCUT2D eigenvalue weighted by Gasteiger charge is 2.27. The number of hydrogen-bond acceptors (Lipinski definition) is 4. The van der Waals surface area contributed by atoms with Crippen LogP contribution in [0.2, 0.25) is 5.02 Å². The summed E-state index contributed by atoms with van der Waals surface area (Å²) in [7, 11) is 0. The lowest BCUT2D eigenvalue weighted by atomic mass is 10.0. The van der Waals surface area contributed by atoms with Crippen LogP contribution in [0.25, 0.3) is 0 Å². The van der Waals surface area contributed by atoms with Crippen molar-refractivity contribution in [2.45, 2.75) is 32.9 Å². The van der Waals surface area contributed by atoms with Crippen LogP contribution in [0, 0.1) is 5.92 Å². The van der Waals surface area contributed by atoms with Gasteiger partial charge in [-0.2, -0.15) is 0 Å². The third-order valence-corrected chi connectivity index (χ3v) is 5.11. The Labute approximate surface area is 175 Å². The number of amides is 2. The maximum atomic E-state index is 12.9. The summed E-state index contributed by atoms with van der Waals surface area (Å²) in [6, 6.07) is 11.4. The molecule has 0 radical (unpaired) electrons. The van der Waals surface area contributed by atoms with E-state index >= 15 is 0 Å². The van der Waals surface area contributed by atoms with E-state index in [1.54, 1.807) is 24.3 Å². The number of ether oxygens (including phenoxy) is 2. The number of rotatable bonds is 6. The first-order chi connectivity index (χ1) is 13.9. The van der Waals surface area contributed by atoms with E-state index in [4.69, 9.17) is 21.1 Å². The lowest BCUT2D eigenvalue weighted by Gasteiger charge is -2.25. The van der Waals surface area contributed by atoms with Crippen molar-refractivity contribution in [2.75, 3.05) is 13.2 Å². The Morgan fingerprint density at radius 3 is 2.34 bits per heavy atom. The Bertz CT molecular complexity index is 900. The van der Waals surface area contributed by atoms with E-state index in [-0.39, 0.29) is 23.8 Å². The van der Waals surface area contributed by atoms with Gasteiger partial charge in [-0.15, -0.1) is 0 Å².